The van der Waals surface area contributed by atoms with Gasteiger partial charge in [0.2, 0.25) is 0 Å². The second-order valence-corrected chi connectivity index (χ2v) is 8.77. The van der Waals surface area contributed by atoms with Gasteiger partial charge in [-0.3, -0.25) is 9.59 Å². The van der Waals surface area contributed by atoms with Gasteiger partial charge >= 0.3 is 0 Å². The molecule has 35 heavy (non-hydrogen) atoms. The third-order valence-electron chi connectivity index (χ3n) is 6.32. The van der Waals surface area contributed by atoms with Crippen molar-refractivity contribution in [2.75, 3.05) is 34.8 Å². The van der Waals surface area contributed by atoms with Crippen LogP contribution in [0.25, 0.3) is 5.57 Å². The molecule has 2 heterocycles. The third kappa shape index (κ3) is 4.64. The molecular formula is C29H29N3O3. The molecule has 5 rings (SSSR count). The Kier molecular flexibility index (Phi) is 6.53. The van der Waals surface area contributed by atoms with Gasteiger partial charge in [0.05, 0.1) is 17.9 Å². The maximum Gasteiger partial charge on any atom is 0.282 e. The van der Waals surface area contributed by atoms with E-state index in [4.69, 9.17) is 4.74 Å². The van der Waals surface area contributed by atoms with Crippen LogP contribution in [0.4, 0.5) is 17.1 Å². The normalized spacial score (nSPS) is 15.8. The maximum absolute atomic E-state index is 13.6. The zero-order valence-corrected chi connectivity index (χ0v) is 19.9. The molecule has 0 aliphatic carbocycles. The molecule has 0 atom stereocenters. The monoisotopic (exact) mass is 467 g/mol. The number of anilines is 3. The highest BCUT2D eigenvalue weighted by molar-refractivity contribution is 6.46. The second kappa shape index (κ2) is 10.1. The van der Waals surface area contributed by atoms with Crippen molar-refractivity contribution in [3.63, 3.8) is 0 Å². The Balaban J connectivity index is 1.48. The average Bonchev–Trinajstić information content (AvgIpc) is 3.51. The Morgan fingerprint density at radius 2 is 1.49 bits per heavy atom. The van der Waals surface area contributed by atoms with Gasteiger partial charge in [0, 0.05) is 24.5 Å². The van der Waals surface area contributed by atoms with Crippen LogP contribution in [0.15, 0.2) is 84.6 Å². The Morgan fingerprint density at radius 1 is 0.800 bits per heavy atom. The fourth-order valence-corrected chi connectivity index (χ4v) is 4.54. The molecule has 2 aliphatic rings. The van der Waals surface area contributed by atoms with Crippen LogP contribution in [-0.2, 0) is 9.59 Å². The van der Waals surface area contributed by atoms with E-state index >= 15 is 0 Å². The summed E-state index contributed by atoms with van der Waals surface area (Å²) in [6.07, 6.45) is 3.34. The first-order valence-electron chi connectivity index (χ1n) is 12.2. The highest BCUT2D eigenvalue weighted by Crippen LogP contribution is 2.34. The number of hydrogen-bond acceptors (Lipinski definition) is 5. The van der Waals surface area contributed by atoms with Crippen molar-refractivity contribution in [3.8, 4) is 5.75 Å². The molecule has 3 aromatic rings. The number of benzene rings is 3. The highest BCUT2D eigenvalue weighted by Gasteiger charge is 2.40. The number of nitrogens with one attached hydrogen (secondary N) is 1. The van der Waals surface area contributed by atoms with E-state index < -0.39 is 0 Å². The van der Waals surface area contributed by atoms with Crippen LogP contribution in [0, 0.1) is 0 Å². The van der Waals surface area contributed by atoms with E-state index in [-0.39, 0.29) is 17.5 Å². The zero-order chi connectivity index (χ0) is 24.2. The van der Waals surface area contributed by atoms with Crippen LogP contribution in [-0.4, -0.2) is 31.5 Å². The second-order valence-electron chi connectivity index (χ2n) is 8.77. The molecule has 0 spiro atoms. The van der Waals surface area contributed by atoms with E-state index in [1.54, 1.807) is 12.1 Å². The number of para-hydroxylation sites is 1. The maximum atomic E-state index is 13.6. The predicted octanol–water partition coefficient (Wildman–Crippen LogP) is 5.47. The standard InChI is InChI=1S/C29H29N3O3/c1-2-20-35-25-16-10-21(11-17-25)26-27(29(34)32(28(26)33)24-8-4-3-5-9-24)30-22-12-14-23(15-13-22)31-18-6-7-19-31/h3-5,8-17,30H,2,6-7,18-20H2,1H3. The van der Waals surface area contributed by atoms with Gasteiger partial charge in [-0.2, -0.15) is 0 Å². The summed E-state index contributed by atoms with van der Waals surface area (Å²) in [6, 6.07) is 24.4. The van der Waals surface area contributed by atoms with Crippen LogP contribution >= 0.6 is 0 Å². The highest BCUT2D eigenvalue weighted by atomic mass is 16.5. The van der Waals surface area contributed by atoms with Crippen molar-refractivity contribution in [3.05, 3.63) is 90.1 Å². The van der Waals surface area contributed by atoms with Crippen molar-refractivity contribution in [2.24, 2.45) is 0 Å². The van der Waals surface area contributed by atoms with Crippen molar-refractivity contribution in [2.45, 2.75) is 26.2 Å². The van der Waals surface area contributed by atoms with Crippen molar-refractivity contribution in [1.29, 1.82) is 0 Å². The molecular weight excluding hydrogens is 438 g/mol. The van der Waals surface area contributed by atoms with Gasteiger partial charge in [0.25, 0.3) is 11.8 Å². The molecule has 6 heteroatoms. The minimum atomic E-state index is -0.369. The molecule has 6 nitrogen and oxygen atoms in total. The zero-order valence-electron chi connectivity index (χ0n) is 19.9. The lowest BCUT2D eigenvalue weighted by atomic mass is 10.0. The summed E-state index contributed by atoms with van der Waals surface area (Å²) in [7, 11) is 0. The van der Waals surface area contributed by atoms with Crippen LogP contribution in [0.3, 0.4) is 0 Å². The Hall–Kier alpha value is -4.06. The number of imide groups is 1. The molecule has 0 unspecified atom stereocenters. The molecule has 1 fully saturated rings. The first-order chi connectivity index (χ1) is 17.2. The summed E-state index contributed by atoms with van der Waals surface area (Å²) in [4.78, 5) is 30.7. The fourth-order valence-electron chi connectivity index (χ4n) is 4.54. The lowest BCUT2D eigenvalue weighted by Gasteiger charge is -2.18. The number of carbonyl (C=O) groups is 2. The van der Waals surface area contributed by atoms with Gasteiger partial charge in [-0.05, 0) is 73.4 Å². The Bertz CT molecular complexity index is 1230. The van der Waals surface area contributed by atoms with E-state index in [1.165, 1.54) is 23.4 Å². The van der Waals surface area contributed by atoms with E-state index in [9.17, 15) is 9.59 Å². The molecule has 2 amide bonds. The van der Waals surface area contributed by atoms with Gasteiger partial charge in [-0.25, -0.2) is 4.90 Å². The van der Waals surface area contributed by atoms with Gasteiger partial charge in [-0.1, -0.05) is 37.3 Å². The summed E-state index contributed by atoms with van der Waals surface area (Å²) >= 11 is 0. The molecule has 0 saturated carbocycles. The Labute approximate surface area is 205 Å². The smallest absolute Gasteiger partial charge is 0.282 e. The van der Waals surface area contributed by atoms with Crippen molar-refractivity contribution >= 4 is 34.4 Å². The molecule has 1 N–H and O–H groups in total. The van der Waals surface area contributed by atoms with Crippen molar-refractivity contribution in [1.82, 2.24) is 0 Å². The van der Waals surface area contributed by atoms with E-state index in [0.29, 0.717) is 23.4 Å². The minimum Gasteiger partial charge on any atom is -0.494 e. The van der Waals surface area contributed by atoms with Crippen LogP contribution < -0.4 is 19.9 Å². The molecule has 1 saturated heterocycles. The van der Waals surface area contributed by atoms with E-state index in [2.05, 4.69) is 29.3 Å². The first kappa shape index (κ1) is 22.7. The van der Waals surface area contributed by atoms with Crippen LogP contribution in [0.2, 0.25) is 0 Å². The van der Waals surface area contributed by atoms with Gasteiger partial charge in [0.15, 0.2) is 0 Å². The third-order valence-corrected chi connectivity index (χ3v) is 6.32. The summed E-state index contributed by atoms with van der Waals surface area (Å²) in [5.74, 6) is 0.0191. The summed E-state index contributed by atoms with van der Waals surface area (Å²) in [6.45, 7) is 4.81. The quantitative estimate of drug-likeness (QED) is 0.445. The number of ether oxygens (including phenoxy) is 1. The molecule has 0 bridgehead atoms. The Morgan fingerprint density at radius 3 is 2.14 bits per heavy atom. The number of carbonyl (C=O) groups excluding carboxylic acids is 2. The number of hydrogen-bond donors (Lipinski definition) is 1. The first-order valence-corrected chi connectivity index (χ1v) is 12.2. The predicted molar refractivity (Wildman–Crippen MR) is 140 cm³/mol. The number of nitrogens with zero attached hydrogens (tertiary/aromatic N) is 2. The van der Waals surface area contributed by atoms with E-state index in [0.717, 1.165) is 30.9 Å². The summed E-state index contributed by atoms with van der Waals surface area (Å²) in [5, 5.41) is 3.25. The SMILES string of the molecule is CCCOc1ccc(C2=C(Nc3ccc(N4CCCC4)cc3)C(=O)N(c3ccccc3)C2=O)cc1. The minimum absolute atomic E-state index is 0.273. The lowest BCUT2D eigenvalue weighted by molar-refractivity contribution is -0.120. The summed E-state index contributed by atoms with van der Waals surface area (Å²) in [5.41, 5.74) is 3.77. The molecule has 178 valence electrons. The molecule has 3 aromatic carbocycles. The van der Waals surface area contributed by atoms with Crippen molar-refractivity contribution < 1.29 is 14.3 Å². The number of amides is 2. The number of rotatable bonds is 8. The fraction of sp³-hybridized carbons (Fsp3) is 0.241. The van der Waals surface area contributed by atoms with E-state index in [1.807, 2.05) is 54.6 Å². The van der Waals surface area contributed by atoms with Crippen LogP contribution in [0.1, 0.15) is 31.7 Å². The molecule has 0 aromatic heterocycles. The topological polar surface area (TPSA) is 61.9 Å². The summed E-state index contributed by atoms with van der Waals surface area (Å²) < 4.78 is 5.69. The van der Waals surface area contributed by atoms with Gasteiger partial charge in [-0.15, -0.1) is 0 Å². The molecule has 0 radical (unpaired) electrons. The lowest BCUT2D eigenvalue weighted by Crippen LogP contribution is -2.32. The van der Waals surface area contributed by atoms with Crippen LogP contribution in [0.5, 0.6) is 5.75 Å². The molecule has 2 aliphatic heterocycles. The van der Waals surface area contributed by atoms with Gasteiger partial charge in [0.1, 0.15) is 11.4 Å². The largest absolute Gasteiger partial charge is 0.494 e. The van der Waals surface area contributed by atoms with Gasteiger partial charge < -0.3 is 15.0 Å². The average molecular weight is 468 g/mol.